The van der Waals surface area contributed by atoms with Crippen molar-refractivity contribution in [3.63, 3.8) is 0 Å². The molecular formula is C23H28N2. The average Bonchev–Trinajstić information content (AvgIpc) is 2.65. The fourth-order valence-corrected chi connectivity index (χ4v) is 3.28. The van der Waals surface area contributed by atoms with Crippen molar-refractivity contribution in [2.24, 2.45) is 0 Å². The van der Waals surface area contributed by atoms with Crippen molar-refractivity contribution in [2.75, 3.05) is 0 Å². The van der Waals surface area contributed by atoms with Gasteiger partial charge in [0, 0.05) is 30.4 Å². The zero-order valence-corrected chi connectivity index (χ0v) is 15.3. The highest BCUT2D eigenvalue weighted by Crippen LogP contribution is 2.18. The SMILES string of the molecule is Cc1cncc2ccc(CN[C@H](C)CCCCc3ccccc3)cc12. The Balaban J connectivity index is 1.43. The fraction of sp³-hybridized carbons (Fsp3) is 0.348. The molecule has 1 aromatic heterocycles. The van der Waals surface area contributed by atoms with E-state index in [1.165, 1.54) is 53.1 Å². The van der Waals surface area contributed by atoms with Crippen LogP contribution in [0.1, 0.15) is 42.9 Å². The Morgan fingerprint density at radius 1 is 0.960 bits per heavy atom. The van der Waals surface area contributed by atoms with E-state index in [-0.39, 0.29) is 0 Å². The molecule has 3 aromatic rings. The van der Waals surface area contributed by atoms with Crippen LogP contribution in [0.5, 0.6) is 0 Å². The molecule has 0 aliphatic heterocycles. The summed E-state index contributed by atoms with van der Waals surface area (Å²) in [7, 11) is 0. The van der Waals surface area contributed by atoms with Crippen LogP contribution in [0.25, 0.3) is 10.8 Å². The second-order valence-corrected chi connectivity index (χ2v) is 7.03. The highest BCUT2D eigenvalue weighted by atomic mass is 14.9. The normalized spacial score (nSPS) is 12.4. The first-order valence-corrected chi connectivity index (χ1v) is 9.33. The summed E-state index contributed by atoms with van der Waals surface area (Å²) < 4.78 is 0. The number of hydrogen-bond donors (Lipinski definition) is 1. The maximum Gasteiger partial charge on any atom is 0.0346 e. The lowest BCUT2D eigenvalue weighted by Gasteiger charge is -2.14. The van der Waals surface area contributed by atoms with E-state index in [9.17, 15) is 0 Å². The van der Waals surface area contributed by atoms with E-state index in [1.54, 1.807) is 0 Å². The number of hydrogen-bond acceptors (Lipinski definition) is 2. The topological polar surface area (TPSA) is 24.9 Å². The second-order valence-electron chi connectivity index (χ2n) is 7.03. The standard InChI is InChI=1S/C23H28N2/c1-18-15-24-17-22-13-12-21(14-23(18)22)16-25-19(2)8-6-7-11-20-9-4-3-5-10-20/h3-5,9-10,12-15,17,19,25H,6-8,11,16H2,1-2H3/t19-/m1/s1. The fourth-order valence-electron chi connectivity index (χ4n) is 3.28. The minimum absolute atomic E-state index is 0.546. The summed E-state index contributed by atoms with van der Waals surface area (Å²) in [5, 5.41) is 6.20. The summed E-state index contributed by atoms with van der Waals surface area (Å²) in [5.74, 6) is 0. The molecule has 3 rings (SSSR count). The third kappa shape index (κ3) is 5.14. The van der Waals surface area contributed by atoms with Crippen molar-refractivity contribution < 1.29 is 0 Å². The average molecular weight is 332 g/mol. The summed E-state index contributed by atoms with van der Waals surface area (Å²) in [5.41, 5.74) is 4.04. The first-order chi connectivity index (χ1) is 12.2. The summed E-state index contributed by atoms with van der Waals surface area (Å²) in [6, 6.07) is 18.0. The molecule has 2 aromatic carbocycles. The van der Waals surface area contributed by atoms with Crippen LogP contribution in [0.3, 0.4) is 0 Å². The van der Waals surface area contributed by atoms with Gasteiger partial charge in [0.25, 0.3) is 0 Å². The summed E-state index contributed by atoms with van der Waals surface area (Å²) in [6.45, 7) is 5.35. The molecule has 130 valence electrons. The number of aryl methyl sites for hydroxylation is 2. The predicted molar refractivity (Wildman–Crippen MR) is 107 cm³/mol. The molecule has 2 heteroatoms. The first kappa shape index (κ1) is 17.6. The number of pyridine rings is 1. The molecule has 0 aliphatic carbocycles. The van der Waals surface area contributed by atoms with Gasteiger partial charge in [-0.05, 0) is 61.3 Å². The number of fused-ring (bicyclic) bond motifs is 1. The van der Waals surface area contributed by atoms with Crippen LogP contribution in [-0.4, -0.2) is 11.0 Å². The number of rotatable bonds is 8. The molecule has 1 heterocycles. The van der Waals surface area contributed by atoms with Gasteiger partial charge in [-0.3, -0.25) is 4.98 Å². The maximum absolute atomic E-state index is 4.26. The van der Waals surface area contributed by atoms with E-state index < -0.39 is 0 Å². The van der Waals surface area contributed by atoms with E-state index >= 15 is 0 Å². The second kappa shape index (κ2) is 8.77. The summed E-state index contributed by atoms with van der Waals surface area (Å²) >= 11 is 0. The van der Waals surface area contributed by atoms with Gasteiger partial charge >= 0.3 is 0 Å². The molecule has 0 radical (unpaired) electrons. The maximum atomic E-state index is 4.26. The quantitative estimate of drug-likeness (QED) is 0.556. The zero-order valence-electron chi connectivity index (χ0n) is 15.3. The molecule has 0 fully saturated rings. The van der Waals surface area contributed by atoms with Gasteiger partial charge in [-0.2, -0.15) is 0 Å². The molecule has 0 saturated carbocycles. The molecular weight excluding hydrogens is 304 g/mol. The Labute approximate surface area is 151 Å². The van der Waals surface area contributed by atoms with Gasteiger partial charge in [-0.1, -0.05) is 48.9 Å². The lowest BCUT2D eigenvalue weighted by atomic mass is 10.0. The van der Waals surface area contributed by atoms with Crippen molar-refractivity contribution in [3.05, 3.63) is 77.6 Å². The molecule has 2 nitrogen and oxygen atoms in total. The number of benzene rings is 2. The van der Waals surface area contributed by atoms with Crippen LogP contribution >= 0.6 is 0 Å². The Morgan fingerprint density at radius 2 is 1.80 bits per heavy atom. The van der Waals surface area contributed by atoms with Gasteiger partial charge in [0.15, 0.2) is 0 Å². The molecule has 0 amide bonds. The minimum atomic E-state index is 0.546. The van der Waals surface area contributed by atoms with Gasteiger partial charge in [-0.25, -0.2) is 0 Å². The molecule has 1 N–H and O–H groups in total. The van der Waals surface area contributed by atoms with Crippen LogP contribution in [0.15, 0.2) is 60.9 Å². The van der Waals surface area contributed by atoms with Gasteiger partial charge in [-0.15, -0.1) is 0 Å². The Kier molecular flexibility index (Phi) is 6.19. The molecule has 0 spiro atoms. The monoisotopic (exact) mass is 332 g/mol. The molecule has 0 saturated heterocycles. The number of unbranched alkanes of at least 4 members (excludes halogenated alkanes) is 1. The number of aromatic nitrogens is 1. The van der Waals surface area contributed by atoms with E-state index in [4.69, 9.17) is 0 Å². The van der Waals surface area contributed by atoms with Crippen molar-refractivity contribution in [2.45, 2.75) is 52.1 Å². The molecule has 0 aliphatic rings. The van der Waals surface area contributed by atoms with E-state index in [0.29, 0.717) is 6.04 Å². The molecule has 0 bridgehead atoms. The Hall–Kier alpha value is -2.19. The van der Waals surface area contributed by atoms with Gasteiger partial charge in [0.1, 0.15) is 0 Å². The highest BCUT2D eigenvalue weighted by molar-refractivity contribution is 5.85. The summed E-state index contributed by atoms with van der Waals surface area (Å²) in [6.07, 6.45) is 8.82. The van der Waals surface area contributed by atoms with Crippen LogP contribution in [0, 0.1) is 6.92 Å². The van der Waals surface area contributed by atoms with E-state index in [2.05, 4.69) is 72.7 Å². The third-order valence-electron chi connectivity index (χ3n) is 4.87. The summed E-state index contributed by atoms with van der Waals surface area (Å²) in [4.78, 5) is 4.26. The predicted octanol–water partition coefficient (Wildman–Crippen LogP) is 5.43. The number of nitrogens with one attached hydrogen (secondary N) is 1. The largest absolute Gasteiger partial charge is 0.310 e. The van der Waals surface area contributed by atoms with Crippen molar-refractivity contribution in [1.82, 2.24) is 10.3 Å². The molecule has 0 unspecified atom stereocenters. The van der Waals surface area contributed by atoms with E-state index in [1.807, 2.05) is 12.4 Å². The smallest absolute Gasteiger partial charge is 0.0346 e. The minimum Gasteiger partial charge on any atom is -0.310 e. The lowest BCUT2D eigenvalue weighted by molar-refractivity contribution is 0.489. The van der Waals surface area contributed by atoms with Crippen molar-refractivity contribution >= 4 is 10.8 Å². The van der Waals surface area contributed by atoms with E-state index in [0.717, 1.165) is 6.54 Å². The van der Waals surface area contributed by atoms with Gasteiger partial charge in [0.2, 0.25) is 0 Å². The molecule has 25 heavy (non-hydrogen) atoms. The zero-order chi connectivity index (χ0) is 17.5. The van der Waals surface area contributed by atoms with Crippen molar-refractivity contribution in [3.8, 4) is 0 Å². The van der Waals surface area contributed by atoms with Crippen LogP contribution in [0.2, 0.25) is 0 Å². The van der Waals surface area contributed by atoms with Gasteiger partial charge < -0.3 is 5.32 Å². The van der Waals surface area contributed by atoms with Crippen LogP contribution in [0.4, 0.5) is 0 Å². The highest BCUT2D eigenvalue weighted by Gasteiger charge is 2.04. The first-order valence-electron chi connectivity index (χ1n) is 9.33. The Bertz CT molecular complexity index is 796. The Morgan fingerprint density at radius 3 is 2.64 bits per heavy atom. The van der Waals surface area contributed by atoms with Crippen molar-refractivity contribution in [1.29, 1.82) is 0 Å². The van der Waals surface area contributed by atoms with Crippen LogP contribution in [-0.2, 0) is 13.0 Å². The third-order valence-corrected chi connectivity index (χ3v) is 4.87. The van der Waals surface area contributed by atoms with Crippen LogP contribution < -0.4 is 5.32 Å². The molecule has 1 atom stereocenters. The lowest BCUT2D eigenvalue weighted by Crippen LogP contribution is -2.25. The number of nitrogens with zero attached hydrogens (tertiary/aromatic N) is 1. The van der Waals surface area contributed by atoms with Gasteiger partial charge in [0.05, 0.1) is 0 Å².